The average Bonchev–Trinajstić information content (AvgIpc) is 2.19. The molecular formula is C10H14OS2. The van der Waals surface area contributed by atoms with Crippen LogP contribution in [0.15, 0.2) is 29.2 Å². The molecule has 0 fully saturated rings. The van der Waals surface area contributed by atoms with Crippen LogP contribution in [0.1, 0.15) is 5.56 Å². The van der Waals surface area contributed by atoms with Gasteiger partial charge >= 0.3 is 0 Å². The number of aliphatic hydroxyl groups is 1. The monoisotopic (exact) mass is 214 g/mol. The predicted octanol–water partition coefficient (Wildman–Crippen LogP) is 2.63. The van der Waals surface area contributed by atoms with Crippen molar-refractivity contribution in [1.82, 2.24) is 0 Å². The molecule has 3 heteroatoms. The molecule has 0 bridgehead atoms. The number of thioether (sulfide) groups is 2. The summed E-state index contributed by atoms with van der Waals surface area (Å²) in [6.07, 6.45) is 2.08. The van der Waals surface area contributed by atoms with Crippen LogP contribution in [-0.2, 0) is 5.75 Å². The van der Waals surface area contributed by atoms with Gasteiger partial charge in [0.25, 0.3) is 0 Å². The van der Waals surface area contributed by atoms with E-state index in [1.54, 1.807) is 23.5 Å². The molecule has 0 aliphatic carbocycles. The molecule has 0 saturated heterocycles. The van der Waals surface area contributed by atoms with Gasteiger partial charge in [0.15, 0.2) is 0 Å². The summed E-state index contributed by atoms with van der Waals surface area (Å²) in [7, 11) is 0. The largest absolute Gasteiger partial charge is 0.396 e. The number of rotatable bonds is 5. The normalized spacial score (nSPS) is 10.3. The maximum absolute atomic E-state index is 8.60. The third-order valence-electron chi connectivity index (χ3n) is 1.66. The van der Waals surface area contributed by atoms with Crippen molar-refractivity contribution in [3.63, 3.8) is 0 Å². The van der Waals surface area contributed by atoms with Gasteiger partial charge in [-0.2, -0.15) is 11.8 Å². The molecule has 0 aliphatic rings. The van der Waals surface area contributed by atoms with Crippen molar-refractivity contribution in [3.8, 4) is 0 Å². The van der Waals surface area contributed by atoms with Crippen molar-refractivity contribution in [2.45, 2.75) is 10.6 Å². The van der Waals surface area contributed by atoms with E-state index in [0.29, 0.717) is 0 Å². The second kappa shape index (κ2) is 6.35. The smallest absolute Gasteiger partial charge is 0.0521 e. The highest BCUT2D eigenvalue weighted by molar-refractivity contribution is 7.98. The topological polar surface area (TPSA) is 20.2 Å². The van der Waals surface area contributed by atoms with Crippen LogP contribution in [0.25, 0.3) is 0 Å². The van der Waals surface area contributed by atoms with Gasteiger partial charge in [-0.3, -0.25) is 0 Å². The van der Waals surface area contributed by atoms with E-state index in [9.17, 15) is 0 Å². The van der Waals surface area contributed by atoms with E-state index < -0.39 is 0 Å². The number of hydrogen-bond acceptors (Lipinski definition) is 3. The quantitative estimate of drug-likeness (QED) is 0.601. The lowest BCUT2D eigenvalue weighted by atomic mass is 10.2. The Kier molecular flexibility index (Phi) is 5.35. The summed E-state index contributed by atoms with van der Waals surface area (Å²) in [5, 5.41) is 8.60. The zero-order valence-corrected chi connectivity index (χ0v) is 9.33. The molecule has 0 heterocycles. The van der Waals surface area contributed by atoms with Crippen LogP contribution >= 0.6 is 23.5 Å². The molecule has 0 atom stereocenters. The van der Waals surface area contributed by atoms with Gasteiger partial charge in [-0.25, -0.2) is 0 Å². The third-order valence-corrected chi connectivity index (χ3v) is 3.42. The van der Waals surface area contributed by atoms with Gasteiger partial charge in [-0.05, 0) is 24.0 Å². The first kappa shape index (κ1) is 11.0. The second-order valence-corrected chi connectivity index (χ2v) is 4.61. The lowest BCUT2D eigenvalue weighted by Crippen LogP contribution is -1.87. The Labute approximate surface area is 87.9 Å². The van der Waals surface area contributed by atoms with Crippen LogP contribution in [0.4, 0.5) is 0 Å². The van der Waals surface area contributed by atoms with E-state index in [-0.39, 0.29) is 6.61 Å². The van der Waals surface area contributed by atoms with Crippen molar-refractivity contribution in [2.24, 2.45) is 0 Å². The molecule has 0 saturated carbocycles. The molecular weight excluding hydrogens is 200 g/mol. The standard InChI is InChI=1S/C10H14OS2/c1-12-10-4-2-9(3-5-10)8-13-7-6-11/h2-5,11H,6-8H2,1H3. The molecule has 1 aromatic rings. The number of aliphatic hydroxyl groups excluding tert-OH is 1. The minimum atomic E-state index is 0.271. The van der Waals surface area contributed by atoms with Crippen LogP contribution in [0, 0.1) is 0 Å². The van der Waals surface area contributed by atoms with Gasteiger partial charge in [0.2, 0.25) is 0 Å². The Hall–Kier alpha value is -0.120. The molecule has 0 aromatic heterocycles. The van der Waals surface area contributed by atoms with Crippen LogP contribution in [0.3, 0.4) is 0 Å². The van der Waals surface area contributed by atoms with E-state index in [1.165, 1.54) is 10.5 Å². The molecule has 1 aromatic carbocycles. The number of benzene rings is 1. The lowest BCUT2D eigenvalue weighted by molar-refractivity contribution is 0.322. The van der Waals surface area contributed by atoms with E-state index in [1.807, 2.05) is 0 Å². The highest BCUT2D eigenvalue weighted by Crippen LogP contribution is 2.17. The molecule has 0 radical (unpaired) electrons. The molecule has 0 spiro atoms. The zero-order valence-electron chi connectivity index (χ0n) is 7.69. The molecule has 72 valence electrons. The maximum atomic E-state index is 8.60. The average molecular weight is 214 g/mol. The summed E-state index contributed by atoms with van der Waals surface area (Å²) in [6.45, 7) is 0.271. The highest BCUT2D eigenvalue weighted by Gasteiger charge is 1.93. The second-order valence-electron chi connectivity index (χ2n) is 2.62. The van der Waals surface area contributed by atoms with Gasteiger partial charge in [0.1, 0.15) is 0 Å². The van der Waals surface area contributed by atoms with Crippen molar-refractivity contribution in [2.75, 3.05) is 18.6 Å². The molecule has 1 N–H and O–H groups in total. The van der Waals surface area contributed by atoms with Crippen molar-refractivity contribution >= 4 is 23.5 Å². The lowest BCUT2D eigenvalue weighted by Gasteiger charge is -2.01. The molecule has 1 nitrogen and oxygen atoms in total. The minimum absolute atomic E-state index is 0.271. The van der Waals surface area contributed by atoms with Crippen LogP contribution < -0.4 is 0 Å². The van der Waals surface area contributed by atoms with Crippen molar-refractivity contribution < 1.29 is 5.11 Å². The van der Waals surface area contributed by atoms with Gasteiger partial charge in [-0.15, -0.1) is 11.8 Å². The minimum Gasteiger partial charge on any atom is -0.396 e. The van der Waals surface area contributed by atoms with Crippen LogP contribution in [0.2, 0.25) is 0 Å². The summed E-state index contributed by atoms with van der Waals surface area (Å²) >= 11 is 3.52. The first-order chi connectivity index (χ1) is 6.36. The summed E-state index contributed by atoms with van der Waals surface area (Å²) in [5.74, 6) is 1.82. The molecule has 1 rings (SSSR count). The van der Waals surface area contributed by atoms with Crippen LogP contribution in [-0.4, -0.2) is 23.7 Å². The fourth-order valence-corrected chi connectivity index (χ4v) is 2.09. The fraction of sp³-hybridized carbons (Fsp3) is 0.400. The van der Waals surface area contributed by atoms with Gasteiger partial charge < -0.3 is 5.11 Å². The molecule has 0 amide bonds. The Morgan fingerprint density at radius 1 is 1.23 bits per heavy atom. The maximum Gasteiger partial charge on any atom is 0.0521 e. The predicted molar refractivity (Wildman–Crippen MR) is 61.5 cm³/mol. The summed E-state index contributed by atoms with van der Waals surface area (Å²) in [5.41, 5.74) is 1.33. The fourth-order valence-electron chi connectivity index (χ4n) is 0.976. The van der Waals surface area contributed by atoms with Crippen LogP contribution in [0.5, 0.6) is 0 Å². The summed E-state index contributed by atoms with van der Waals surface area (Å²) < 4.78 is 0. The molecule has 13 heavy (non-hydrogen) atoms. The summed E-state index contributed by atoms with van der Waals surface area (Å²) in [4.78, 5) is 1.30. The Morgan fingerprint density at radius 3 is 2.46 bits per heavy atom. The van der Waals surface area contributed by atoms with Gasteiger partial charge in [-0.1, -0.05) is 12.1 Å². The number of hydrogen-bond donors (Lipinski definition) is 1. The van der Waals surface area contributed by atoms with Gasteiger partial charge in [0, 0.05) is 16.4 Å². The van der Waals surface area contributed by atoms with Crippen molar-refractivity contribution in [3.05, 3.63) is 29.8 Å². The SMILES string of the molecule is CSc1ccc(CSCCO)cc1. The Morgan fingerprint density at radius 2 is 1.92 bits per heavy atom. The first-order valence-electron chi connectivity index (χ1n) is 4.18. The molecule has 0 unspecified atom stereocenters. The van der Waals surface area contributed by atoms with Gasteiger partial charge in [0.05, 0.1) is 6.61 Å². The third kappa shape index (κ3) is 4.07. The molecule has 0 aliphatic heterocycles. The van der Waals surface area contributed by atoms with E-state index in [4.69, 9.17) is 5.11 Å². The Balaban J connectivity index is 2.40. The van der Waals surface area contributed by atoms with Crippen molar-refractivity contribution in [1.29, 1.82) is 0 Å². The zero-order chi connectivity index (χ0) is 9.52. The van der Waals surface area contributed by atoms with E-state index >= 15 is 0 Å². The summed E-state index contributed by atoms with van der Waals surface area (Å²) in [6, 6.07) is 8.57. The van der Waals surface area contributed by atoms with E-state index in [2.05, 4.69) is 30.5 Å². The van der Waals surface area contributed by atoms with E-state index in [0.717, 1.165) is 11.5 Å². The highest BCUT2D eigenvalue weighted by atomic mass is 32.2. The Bertz CT molecular complexity index is 233. The first-order valence-corrected chi connectivity index (χ1v) is 6.56.